The number of carbonyl (C=O) groups excluding carboxylic acids is 4. The number of rotatable bonds is 17. The monoisotopic (exact) mass is 1070 g/mol. The number of amides is 3. The predicted octanol–water partition coefficient (Wildman–Crippen LogP) is 6.84. The van der Waals surface area contributed by atoms with Crippen LogP contribution in [0.1, 0.15) is 69.2 Å². The second kappa shape index (κ2) is 25.3. The van der Waals surface area contributed by atoms with Crippen LogP contribution < -0.4 is 26.6 Å². The topological polar surface area (TPSA) is 201 Å². The highest BCUT2D eigenvalue weighted by Gasteiger charge is 2.56. The van der Waals surface area contributed by atoms with E-state index in [0.717, 1.165) is 78.5 Å². The number of piperazine rings is 1. The summed E-state index contributed by atoms with van der Waals surface area (Å²) in [5.41, 5.74) is 1.96. The van der Waals surface area contributed by atoms with Gasteiger partial charge >= 0.3 is 24.4 Å². The summed E-state index contributed by atoms with van der Waals surface area (Å²) < 4.78 is 119. The van der Waals surface area contributed by atoms with Crippen molar-refractivity contribution < 1.29 is 68.9 Å². The maximum absolute atomic E-state index is 15.1. The minimum absolute atomic E-state index is 0.0828. The van der Waals surface area contributed by atoms with Gasteiger partial charge in [0.15, 0.2) is 0 Å². The molecule has 2 saturated heterocycles. The lowest BCUT2D eigenvalue weighted by Crippen LogP contribution is -2.62. The molecule has 2 aliphatic heterocycles. The fourth-order valence-electron chi connectivity index (χ4n) is 8.63. The number of nitrogens with zero attached hydrogens (tertiary/aromatic N) is 4. The first-order valence-corrected chi connectivity index (χ1v) is 24.0. The van der Waals surface area contributed by atoms with Gasteiger partial charge in [0.05, 0.1) is 55.2 Å². The number of methoxy groups -OCH3 is 2. The smallest absolute Gasteiger partial charge is 0.407 e. The number of fused-ring (bicyclic) bond motifs is 2. The Bertz CT molecular complexity index is 2660. The lowest BCUT2D eigenvalue weighted by atomic mass is 9.76. The zero-order chi connectivity index (χ0) is 56.3. The number of esters is 1. The van der Waals surface area contributed by atoms with E-state index in [-0.39, 0.29) is 30.6 Å². The molecule has 0 saturated carbocycles. The molecule has 2 unspecified atom stereocenters. The van der Waals surface area contributed by atoms with E-state index in [4.69, 9.17) is 5.73 Å². The zero-order valence-corrected chi connectivity index (χ0v) is 42.9. The Morgan fingerprint density at radius 2 is 1.41 bits per heavy atom. The van der Waals surface area contributed by atoms with Crippen molar-refractivity contribution in [3.63, 3.8) is 0 Å². The number of anilines is 1. The number of halogens is 8. The van der Waals surface area contributed by atoms with Gasteiger partial charge in [0.2, 0.25) is 11.8 Å². The Morgan fingerprint density at radius 1 is 0.816 bits per heavy atom. The molecule has 15 nitrogen and oxygen atoms in total. The van der Waals surface area contributed by atoms with Crippen LogP contribution in [0, 0.1) is 40.2 Å². The molecular formula is C53H62F8N8O7. The van der Waals surface area contributed by atoms with Gasteiger partial charge in [0.25, 0.3) is 0 Å². The van der Waals surface area contributed by atoms with Crippen molar-refractivity contribution in [2.75, 3.05) is 45.8 Å². The van der Waals surface area contributed by atoms with Crippen LogP contribution in [-0.4, -0.2) is 127 Å². The number of pyridine rings is 2. The number of aliphatic hydroxyl groups is 1. The van der Waals surface area contributed by atoms with Crippen LogP contribution >= 0.6 is 0 Å². The standard InChI is InChI=1S/C44H48F5N7O4.C9H14F3NO3/c1-43(2,44(47,48)49)40(54-42(59)60-4)41(58)53-37(38(57)24-50-23-33-34(45)20-30(21-35(33)46)36-7-5-6-18-51-36)19-28-11-8-27(9-12-28)10-13-29-14-17-39(52-22-29)56-25-31-15-16-32(26-56)55(31)3;1-8(2,9(10,11)12)5(7(13)15)4-6(14)16-3/h5-9,11-12,14,17-18,20-22,31-32,37-38,40,50,57H,15-16,19,23-26H2,1-4H3,(H,53,58)(H,54,59);5H,4H2,1-3H3,(H2,13,15)/t31?,32?,37-,38-,40+;5-/m01/s1. The predicted molar refractivity (Wildman–Crippen MR) is 265 cm³/mol. The number of primary amides is 1. The third-order valence-corrected chi connectivity index (χ3v) is 13.9. The molecule has 0 radical (unpaired) electrons. The molecule has 4 heterocycles. The number of aromatic nitrogens is 2. The van der Waals surface area contributed by atoms with E-state index in [9.17, 15) is 50.6 Å². The molecule has 6 N–H and O–H groups in total. The molecular weight excluding hydrogens is 1010 g/mol. The van der Waals surface area contributed by atoms with Gasteiger partial charge in [0, 0.05) is 72.9 Å². The number of alkyl carbamates (subject to hydrolysis) is 1. The first-order valence-electron chi connectivity index (χ1n) is 24.0. The summed E-state index contributed by atoms with van der Waals surface area (Å²) in [6, 6.07) is 15.6. The molecule has 2 bridgehead atoms. The summed E-state index contributed by atoms with van der Waals surface area (Å²) in [7, 11) is 4.16. The van der Waals surface area contributed by atoms with Crippen LogP contribution in [0.5, 0.6) is 0 Å². The maximum atomic E-state index is 15.1. The molecule has 76 heavy (non-hydrogen) atoms. The largest absolute Gasteiger partial charge is 0.469 e. The maximum Gasteiger partial charge on any atom is 0.407 e. The van der Waals surface area contributed by atoms with Crippen molar-refractivity contribution in [2.24, 2.45) is 22.5 Å². The van der Waals surface area contributed by atoms with Crippen molar-refractivity contribution in [1.82, 2.24) is 30.8 Å². The van der Waals surface area contributed by atoms with E-state index in [2.05, 4.69) is 58.8 Å². The number of hydrogen-bond acceptors (Lipinski definition) is 12. The Morgan fingerprint density at radius 3 is 1.92 bits per heavy atom. The van der Waals surface area contributed by atoms with Gasteiger partial charge in [0.1, 0.15) is 23.5 Å². The summed E-state index contributed by atoms with van der Waals surface area (Å²) in [5, 5.41) is 18.6. The first kappa shape index (κ1) is 60.0. The van der Waals surface area contributed by atoms with Crippen molar-refractivity contribution in [1.29, 1.82) is 0 Å². The summed E-state index contributed by atoms with van der Waals surface area (Å²) in [5.74, 6) is 0.450. The van der Waals surface area contributed by atoms with Gasteiger partial charge in [-0.2, -0.15) is 26.3 Å². The number of aliphatic hydroxyl groups excluding tert-OH is 1. The van der Waals surface area contributed by atoms with E-state index in [0.29, 0.717) is 28.9 Å². The SMILES string of the molecule is COC(=O)C[C@H](C(N)=O)C(C)(C)C(F)(F)F.COC(=O)N[C@H](C(=O)N[C@@H](Cc1ccc(C#Cc2ccc(N3CC4CCC(C3)N4C)nc2)cc1)[C@@H](O)CNCc1c(F)cc(-c2ccccn2)cc1F)C(C)(C)C(F)(F)F. The van der Waals surface area contributed by atoms with Crippen molar-refractivity contribution in [3.05, 3.63) is 113 Å². The normalized spacial score (nSPS) is 17.4. The second-order valence-corrected chi connectivity index (χ2v) is 19.7. The Hall–Kier alpha value is -6.90. The van der Waals surface area contributed by atoms with Crippen molar-refractivity contribution >= 4 is 29.7 Å². The fourth-order valence-corrected chi connectivity index (χ4v) is 8.63. The van der Waals surface area contributed by atoms with Crippen molar-refractivity contribution in [3.8, 4) is 23.1 Å². The molecule has 0 aliphatic carbocycles. The van der Waals surface area contributed by atoms with Crippen LogP contribution in [-0.2, 0) is 36.8 Å². The second-order valence-electron chi connectivity index (χ2n) is 19.7. The Kier molecular flexibility index (Phi) is 20.0. The highest BCUT2D eigenvalue weighted by molar-refractivity contribution is 5.87. The third-order valence-electron chi connectivity index (χ3n) is 13.9. The van der Waals surface area contributed by atoms with E-state index >= 15 is 8.78 Å². The van der Waals surface area contributed by atoms with Crippen molar-refractivity contribution in [2.45, 2.75) is 103 Å². The van der Waals surface area contributed by atoms with E-state index in [1.165, 1.54) is 19.0 Å². The van der Waals surface area contributed by atoms with E-state index in [1.807, 2.05) is 17.4 Å². The van der Waals surface area contributed by atoms with Crippen LogP contribution in [0.15, 0.2) is 79.1 Å². The lowest BCUT2D eigenvalue weighted by molar-refractivity contribution is -0.229. The van der Waals surface area contributed by atoms with Crippen LogP contribution in [0.25, 0.3) is 11.3 Å². The number of nitrogens with two attached hydrogens (primary N) is 1. The van der Waals surface area contributed by atoms with Gasteiger partial charge in [-0.3, -0.25) is 24.3 Å². The van der Waals surface area contributed by atoms with Gasteiger partial charge in [-0.25, -0.2) is 18.6 Å². The molecule has 2 aliphatic rings. The number of ether oxygens (including phenoxy) is 2. The number of benzene rings is 2. The van der Waals surface area contributed by atoms with Gasteiger partial charge in [-0.1, -0.05) is 43.9 Å². The summed E-state index contributed by atoms with van der Waals surface area (Å²) in [6.07, 6.45) is -7.47. The van der Waals surface area contributed by atoms with Gasteiger partial charge < -0.3 is 41.2 Å². The fraction of sp³-hybridized carbons (Fsp3) is 0.472. The number of likely N-dealkylation sites (N-methyl/N-ethyl adjacent to an activating group) is 1. The molecule has 0 spiro atoms. The molecule has 412 valence electrons. The average Bonchev–Trinajstić information content (AvgIpc) is 3.54. The molecule has 6 rings (SSSR count). The molecule has 2 aromatic heterocycles. The minimum atomic E-state index is -4.94. The van der Waals surface area contributed by atoms with Crippen LogP contribution in [0.2, 0.25) is 0 Å². The van der Waals surface area contributed by atoms with Crippen LogP contribution in [0.3, 0.4) is 0 Å². The molecule has 6 atom stereocenters. The number of alkyl halides is 6. The number of nitrogens with one attached hydrogen (secondary N) is 3. The third kappa shape index (κ3) is 15.2. The lowest BCUT2D eigenvalue weighted by Gasteiger charge is -2.39. The molecule has 4 aromatic rings. The summed E-state index contributed by atoms with van der Waals surface area (Å²) in [6.45, 7) is 4.33. The number of carbonyl (C=O) groups is 4. The van der Waals surface area contributed by atoms with Gasteiger partial charge in [-0.05, 0) is 94.3 Å². The first-order chi connectivity index (χ1) is 35.6. The molecule has 23 heteroatoms. The van der Waals surface area contributed by atoms with E-state index in [1.54, 1.807) is 48.7 Å². The average molecular weight is 1080 g/mol. The molecule has 2 fully saturated rings. The van der Waals surface area contributed by atoms with E-state index < -0.39 is 89.2 Å². The van der Waals surface area contributed by atoms with Crippen LogP contribution in [0.4, 0.5) is 45.7 Å². The zero-order valence-electron chi connectivity index (χ0n) is 42.9. The Labute approximate surface area is 435 Å². The quantitative estimate of drug-likeness (QED) is 0.0420. The van der Waals surface area contributed by atoms with Gasteiger partial charge in [-0.15, -0.1) is 0 Å². The highest BCUT2D eigenvalue weighted by atomic mass is 19.4. The Balaban J connectivity index is 0.000000575. The molecule has 2 aromatic carbocycles. The highest BCUT2D eigenvalue weighted by Crippen LogP contribution is 2.45. The number of hydrogen-bond donors (Lipinski definition) is 5. The minimum Gasteiger partial charge on any atom is -0.469 e. The summed E-state index contributed by atoms with van der Waals surface area (Å²) >= 11 is 0. The molecule has 3 amide bonds. The summed E-state index contributed by atoms with van der Waals surface area (Å²) in [4.78, 5) is 61.1.